The van der Waals surface area contributed by atoms with E-state index in [1.54, 1.807) is 42.5 Å². The van der Waals surface area contributed by atoms with E-state index in [-0.39, 0.29) is 5.70 Å². The third-order valence-corrected chi connectivity index (χ3v) is 4.10. The molecule has 0 bridgehead atoms. The lowest BCUT2D eigenvalue weighted by atomic mass is 10.1. The predicted octanol–water partition coefficient (Wildman–Crippen LogP) is 3.87. The minimum Gasteiger partial charge on any atom is -0.477 e. The highest BCUT2D eigenvalue weighted by Crippen LogP contribution is 2.25. The van der Waals surface area contributed by atoms with Crippen LogP contribution in [0.5, 0.6) is 0 Å². The Labute approximate surface area is 162 Å². The summed E-state index contributed by atoms with van der Waals surface area (Å²) in [6.45, 7) is 0. The number of hydrogen-bond acceptors (Lipinski definition) is 4. The highest BCUT2D eigenvalue weighted by molar-refractivity contribution is 6.02. The van der Waals surface area contributed by atoms with Crippen molar-refractivity contribution in [3.8, 4) is 11.3 Å². The molecule has 0 fully saturated rings. The summed E-state index contributed by atoms with van der Waals surface area (Å²) in [5, 5.41) is 11.8. The fraction of sp³-hybridized carbons (Fsp3) is 0.0909. The van der Waals surface area contributed by atoms with Crippen molar-refractivity contribution in [1.82, 2.24) is 5.32 Å². The van der Waals surface area contributed by atoms with Gasteiger partial charge in [0.2, 0.25) is 0 Å². The second-order valence-electron chi connectivity index (χ2n) is 6.33. The molecular formula is C22H20N2O4. The number of nitrogens with one attached hydrogen (secondary N) is 1. The first kappa shape index (κ1) is 19.0. The second kappa shape index (κ2) is 8.26. The first-order chi connectivity index (χ1) is 13.4. The van der Waals surface area contributed by atoms with Crippen molar-refractivity contribution in [2.24, 2.45) is 0 Å². The van der Waals surface area contributed by atoms with Gasteiger partial charge in [0, 0.05) is 37.0 Å². The summed E-state index contributed by atoms with van der Waals surface area (Å²) in [5.41, 5.74) is 2.04. The first-order valence-corrected chi connectivity index (χ1v) is 8.63. The SMILES string of the molecule is CN(C)c1ccc(-c2ccc(/C=C(\NC(=O)c3ccccc3)C(=O)O)o2)cc1. The van der Waals surface area contributed by atoms with E-state index in [1.165, 1.54) is 6.08 Å². The van der Waals surface area contributed by atoms with Crippen LogP contribution < -0.4 is 10.2 Å². The van der Waals surface area contributed by atoms with Gasteiger partial charge in [0.05, 0.1) is 0 Å². The summed E-state index contributed by atoms with van der Waals surface area (Å²) < 4.78 is 5.73. The van der Waals surface area contributed by atoms with Gasteiger partial charge in [-0.25, -0.2) is 4.79 Å². The maximum atomic E-state index is 12.2. The molecule has 1 amide bonds. The minimum absolute atomic E-state index is 0.266. The topological polar surface area (TPSA) is 82.8 Å². The van der Waals surface area contributed by atoms with Gasteiger partial charge in [0.15, 0.2) is 0 Å². The molecule has 0 aliphatic carbocycles. The van der Waals surface area contributed by atoms with E-state index >= 15 is 0 Å². The molecule has 0 unspecified atom stereocenters. The average molecular weight is 376 g/mol. The summed E-state index contributed by atoms with van der Waals surface area (Å²) in [6.07, 6.45) is 1.29. The van der Waals surface area contributed by atoms with Crippen LogP contribution in [0, 0.1) is 0 Å². The molecule has 1 heterocycles. The number of benzene rings is 2. The fourth-order valence-corrected chi connectivity index (χ4v) is 2.59. The zero-order valence-electron chi connectivity index (χ0n) is 15.5. The van der Waals surface area contributed by atoms with Crippen molar-refractivity contribution in [2.45, 2.75) is 0 Å². The second-order valence-corrected chi connectivity index (χ2v) is 6.33. The van der Waals surface area contributed by atoms with Gasteiger partial charge in [-0.15, -0.1) is 0 Å². The zero-order valence-corrected chi connectivity index (χ0v) is 15.5. The van der Waals surface area contributed by atoms with Crippen LogP contribution in [-0.2, 0) is 4.79 Å². The highest BCUT2D eigenvalue weighted by atomic mass is 16.4. The van der Waals surface area contributed by atoms with Crippen LogP contribution in [0.3, 0.4) is 0 Å². The molecule has 3 aromatic rings. The third kappa shape index (κ3) is 4.48. The fourth-order valence-electron chi connectivity index (χ4n) is 2.59. The number of aliphatic carboxylic acids is 1. The zero-order chi connectivity index (χ0) is 20.1. The van der Waals surface area contributed by atoms with E-state index in [9.17, 15) is 14.7 Å². The Hall–Kier alpha value is -3.80. The summed E-state index contributed by atoms with van der Waals surface area (Å²) in [6, 6.07) is 19.6. The van der Waals surface area contributed by atoms with Crippen molar-refractivity contribution < 1.29 is 19.1 Å². The molecule has 0 aliphatic rings. The molecule has 2 aromatic carbocycles. The molecular weight excluding hydrogens is 356 g/mol. The first-order valence-electron chi connectivity index (χ1n) is 8.63. The highest BCUT2D eigenvalue weighted by Gasteiger charge is 2.14. The van der Waals surface area contributed by atoms with Crippen molar-refractivity contribution >= 4 is 23.6 Å². The Balaban J connectivity index is 1.80. The summed E-state index contributed by atoms with van der Waals surface area (Å²) in [4.78, 5) is 25.7. The number of carbonyl (C=O) groups excluding carboxylic acids is 1. The van der Waals surface area contributed by atoms with Crippen LogP contribution in [-0.4, -0.2) is 31.1 Å². The molecule has 2 N–H and O–H groups in total. The van der Waals surface area contributed by atoms with Crippen molar-refractivity contribution in [3.63, 3.8) is 0 Å². The van der Waals surface area contributed by atoms with Gasteiger partial charge < -0.3 is 19.7 Å². The smallest absolute Gasteiger partial charge is 0.352 e. The van der Waals surface area contributed by atoms with E-state index in [0.717, 1.165) is 11.3 Å². The molecule has 0 saturated carbocycles. The molecule has 1 aromatic heterocycles. The number of nitrogens with zero attached hydrogens (tertiary/aromatic N) is 1. The normalized spacial score (nSPS) is 11.1. The maximum Gasteiger partial charge on any atom is 0.352 e. The molecule has 3 rings (SSSR count). The van der Waals surface area contributed by atoms with E-state index in [1.807, 2.05) is 43.3 Å². The Morgan fingerprint density at radius 1 is 0.964 bits per heavy atom. The lowest BCUT2D eigenvalue weighted by Crippen LogP contribution is -2.27. The molecule has 6 nitrogen and oxygen atoms in total. The van der Waals surface area contributed by atoms with Gasteiger partial charge >= 0.3 is 5.97 Å². The van der Waals surface area contributed by atoms with E-state index in [4.69, 9.17) is 4.42 Å². The minimum atomic E-state index is -1.25. The van der Waals surface area contributed by atoms with Gasteiger partial charge in [0.25, 0.3) is 5.91 Å². The van der Waals surface area contributed by atoms with Crippen LogP contribution in [0.15, 0.2) is 76.8 Å². The molecule has 0 aliphatic heterocycles. The van der Waals surface area contributed by atoms with Gasteiger partial charge in [0.1, 0.15) is 17.2 Å². The number of carboxylic acid groups (broad SMARTS) is 1. The Bertz CT molecular complexity index is 1000. The van der Waals surface area contributed by atoms with Crippen molar-refractivity contribution in [2.75, 3.05) is 19.0 Å². The van der Waals surface area contributed by atoms with Crippen LogP contribution in [0.2, 0.25) is 0 Å². The van der Waals surface area contributed by atoms with Gasteiger partial charge in [-0.05, 0) is 48.5 Å². The lowest BCUT2D eigenvalue weighted by Gasteiger charge is -2.12. The van der Waals surface area contributed by atoms with E-state index in [0.29, 0.717) is 17.1 Å². The largest absolute Gasteiger partial charge is 0.477 e. The van der Waals surface area contributed by atoms with Crippen molar-refractivity contribution in [3.05, 3.63) is 83.8 Å². The third-order valence-electron chi connectivity index (χ3n) is 4.10. The predicted molar refractivity (Wildman–Crippen MR) is 108 cm³/mol. The molecule has 0 saturated heterocycles. The molecule has 0 atom stereocenters. The molecule has 0 spiro atoms. The lowest BCUT2D eigenvalue weighted by molar-refractivity contribution is -0.132. The Morgan fingerprint density at radius 2 is 1.64 bits per heavy atom. The Morgan fingerprint density at radius 3 is 2.25 bits per heavy atom. The van der Waals surface area contributed by atoms with Crippen molar-refractivity contribution in [1.29, 1.82) is 0 Å². The average Bonchev–Trinajstić information content (AvgIpc) is 3.16. The van der Waals surface area contributed by atoms with Gasteiger partial charge in [-0.1, -0.05) is 18.2 Å². The van der Waals surface area contributed by atoms with Crippen LogP contribution in [0.25, 0.3) is 17.4 Å². The number of carbonyl (C=O) groups is 2. The summed E-state index contributed by atoms with van der Waals surface area (Å²) in [5.74, 6) is -0.814. The Kier molecular flexibility index (Phi) is 5.60. The van der Waals surface area contributed by atoms with E-state index < -0.39 is 11.9 Å². The molecule has 142 valence electrons. The van der Waals surface area contributed by atoms with E-state index in [2.05, 4.69) is 5.32 Å². The van der Waals surface area contributed by atoms with Gasteiger partial charge in [-0.3, -0.25) is 4.79 Å². The number of rotatable bonds is 6. The van der Waals surface area contributed by atoms with Crippen LogP contribution in [0.1, 0.15) is 16.1 Å². The molecule has 6 heteroatoms. The van der Waals surface area contributed by atoms with Crippen LogP contribution in [0.4, 0.5) is 5.69 Å². The maximum absolute atomic E-state index is 12.2. The number of furan rings is 1. The number of carboxylic acids is 1. The van der Waals surface area contributed by atoms with Gasteiger partial charge in [-0.2, -0.15) is 0 Å². The monoisotopic (exact) mass is 376 g/mol. The number of anilines is 1. The number of amides is 1. The molecule has 0 radical (unpaired) electrons. The molecule has 28 heavy (non-hydrogen) atoms. The quantitative estimate of drug-likeness (QED) is 0.638. The standard InChI is InChI=1S/C22H20N2O4/c1-24(2)17-10-8-15(9-11-17)20-13-12-18(28-20)14-19(22(26)27)23-21(25)16-6-4-3-5-7-16/h3-14H,1-2H3,(H,23,25)(H,26,27)/b19-14-. The van der Waals surface area contributed by atoms with Crippen LogP contribution >= 0.6 is 0 Å². The summed E-state index contributed by atoms with van der Waals surface area (Å²) in [7, 11) is 3.92. The summed E-state index contributed by atoms with van der Waals surface area (Å²) >= 11 is 0. The number of hydrogen-bond donors (Lipinski definition) is 2.